The quantitative estimate of drug-likeness (QED) is 0.739. The van der Waals surface area contributed by atoms with E-state index in [9.17, 15) is 0 Å². The third kappa shape index (κ3) is 1.91. The summed E-state index contributed by atoms with van der Waals surface area (Å²) in [5.41, 5.74) is 2.67. The Labute approximate surface area is 122 Å². The van der Waals surface area contributed by atoms with Crippen molar-refractivity contribution < 1.29 is 0 Å². The highest BCUT2D eigenvalue weighted by atomic mass is 15.3. The maximum atomic E-state index is 9.06. The van der Waals surface area contributed by atoms with Crippen LogP contribution in [0.5, 0.6) is 0 Å². The second-order valence-electron chi connectivity index (χ2n) is 5.55. The van der Waals surface area contributed by atoms with Crippen LogP contribution in [-0.2, 0) is 0 Å². The molecule has 5 nitrogen and oxygen atoms in total. The molecule has 2 aromatic heterocycles. The van der Waals surface area contributed by atoms with Crippen LogP contribution < -0.4 is 0 Å². The summed E-state index contributed by atoms with van der Waals surface area (Å²) in [6.45, 7) is 2.11. The van der Waals surface area contributed by atoms with Gasteiger partial charge in [-0.25, -0.2) is 4.98 Å². The van der Waals surface area contributed by atoms with Crippen LogP contribution in [0.4, 0.5) is 0 Å². The van der Waals surface area contributed by atoms with Crippen LogP contribution in [0.2, 0.25) is 0 Å². The zero-order valence-electron chi connectivity index (χ0n) is 11.8. The fourth-order valence-corrected chi connectivity index (χ4v) is 2.83. The minimum atomic E-state index is 0.0820. The number of aromatic nitrogens is 4. The van der Waals surface area contributed by atoms with Gasteiger partial charge in [0.1, 0.15) is 11.9 Å². The van der Waals surface area contributed by atoms with Gasteiger partial charge in [0.2, 0.25) is 0 Å². The zero-order chi connectivity index (χ0) is 14.4. The summed E-state index contributed by atoms with van der Waals surface area (Å²) in [4.78, 5) is 4.79. The van der Waals surface area contributed by atoms with Crippen molar-refractivity contribution in [1.82, 2.24) is 19.3 Å². The smallest absolute Gasteiger partial charge is 0.134 e. The van der Waals surface area contributed by atoms with Gasteiger partial charge in [0, 0.05) is 18.4 Å². The van der Waals surface area contributed by atoms with E-state index in [4.69, 9.17) is 10.2 Å². The van der Waals surface area contributed by atoms with Gasteiger partial charge in [-0.1, -0.05) is 0 Å². The van der Waals surface area contributed by atoms with Gasteiger partial charge >= 0.3 is 0 Å². The predicted molar refractivity (Wildman–Crippen MR) is 78.8 cm³/mol. The minimum Gasteiger partial charge on any atom is -0.323 e. The van der Waals surface area contributed by atoms with Gasteiger partial charge in [0.05, 0.1) is 22.7 Å². The summed E-state index contributed by atoms with van der Waals surface area (Å²) in [5, 5.41) is 13.4. The van der Waals surface area contributed by atoms with Crippen LogP contribution in [0, 0.1) is 11.3 Å². The molecule has 1 saturated carbocycles. The van der Waals surface area contributed by atoms with E-state index in [0.29, 0.717) is 11.6 Å². The lowest BCUT2D eigenvalue weighted by molar-refractivity contribution is 0.510. The molecule has 21 heavy (non-hydrogen) atoms. The molecular formula is C16H15N5. The Morgan fingerprint density at radius 2 is 2.24 bits per heavy atom. The Morgan fingerprint density at radius 3 is 2.90 bits per heavy atom. The van der Waals surface area contributed by atoms with Crippen molar-refractivity contribution in [3.63, 3.8) is 0 Å². The van der Waals surface area contributed by atoms with Crippen molar-refractivity contribution in [3.05, 3.63) is 48.0 Å². The lowest BCUT2D eigenvalue weighted by atomic mass is 10.2. The highest BCUT2D eigenvalue weighted by molar-refractivity contribution is 5.78. The molecule has 0 radical (unpaired) electrons. The van der Waals surface area contributed by atoms with E-state index in [2.05, 4.69) is 22.7 Å². The van der Waals surface area contributed by atoms with Crippen LogP contribution in [0.3, 0.4) is 0 Å². The molecule has 0 saturated heterocycles. The lowest BCUT2D eigenvalue weighted by Crippen LogP contribution is -2.13. The molecule has 1 fully saturated rings. The number of benzene rings is 1. The van der Waals surface area contributed by atoms with E-state index in [0.717, 1.165) is 16.9 Å². The minimum absolute atomic E-state index is 0.0820. The van der Waals surface area contributed by atoms with Gasteiger partial charge in [-0.05, 0) is 44.0 Å². The van der Waals surface area contributed by atoms with Gasteiger partial charge in [-0.3, -0.25) is 4.68 Å². The fourth-order valence-electron chi connectivity index (χ4n) is 2.83. The zero-order valence-corrected chi connectivity index (χ0v) is 11.8. The maximum Gasteiger partial charge on any atom is 0.134 e. The lowest BCUT2D eigenvalue weighted by Gasteiger charge is -2.14. The summed E-state index contributed by atoms with van der Waals surface area (Å²) in [5.74, 6) is 1.02. The molecule has 104 valence electrons. The van der Waals surface area contributed by atoms with E-state index >= 15 is 0 Å². The van der Waals surface area contributed by atoms with Crippen molar-refractivity contribution in [2.75, 3.05) is 0 Å². The standard InChI is InChI=1S/C16H15N5/c1-11(20-8-2-7-18-20)16-19-14-9-12(10-17)3-6-15(14)21(16)13-4-5-13/h2-3,6-9,11,13H,4-5H2,1H3. The molecule has 1 aliphatic carbocycles. The summed E-state index contributed by atoms with van der Waals surface area (Å²) in [6.07, 6.45) is 6.14. The molecule has 1 atom stereocenters. The van der Waals surface area contributed by atoms with Crippen molar-refractivity contribution in [1.29, 1.82) is 5.26 Å². The molecule has 2 heterocycles. The van der Waals surface area contributed by atoms with Gasteiger partial charge in [-0.2, -0.15) is 10.4 Å². The van der Waals surface area contributed by atoms with E-state index in [1.807, 2.05) is 35.1 Å². The van der Waals surface area contributed by atoms with Crippen LogP contribution in [-0.4, -0.2) is 19.3 Å². The monoisotopic (exact) mass is 277 g/mol. The molecule has 0 aliphatic heterocycles. The maximum absolute atomic E-state index is 9.06. The van der Waals surface area contributed by atoms with Gasteiger partial charge < -0.3 is 4.57 Å². The third-order valence-corrected chi connectivity index (χ3v) is 4.05. The Hall–Kier alpha value is -2.61. The summed E-state index contributed by atoms with van der Waals surface area (Å²) < 4.78 is 4.24. The van der Waals surface area contributed by atoms with Crippen molar-refractivity contribution in [2.24, 2.45) is 0 Å². The molecule has 0 amide bonds. The third-order valence-electron chi connectivity index (χ3n) is 4.05. The van der Waals surface area contributed by atoms with E-state index < -0.39 is 0 Å². The first-order valence-corrected chi connectivity index (χ1v) is 7.19. The first-order valence-electron chi connectivity index (χ1n) is 7.19. The SMILES string of the molecule is CC(c1nc2cc(C#N)ccc2n1C1CC1)n1cccn1. The summed E-state index contributed by atoms with van der Waals surface area (Å²) >= 11 is 0. The topological polar surface area (TPSA) is 59.4 Å². The number of rotatable bonds is 3. The molecule has 0 spiro atoms. The van der Waals surface area contributed by atoms with Gasteiger partial charge in [0.15, 0.2) is 0 Å². The molecule has 1 unspecified atom stereocenters. The van der Waals surface area contributed by atoms with Gasteiger partial charge in [0.25, 0.3) is 0 Å². The Kier molecular flexibility index (Phi) is 2.58. The average molecular weight is 277 g/mol. The predicted octanol–water partition coefficient (Wildman–Crippen LogP) is 3.05. The first kappa shape index (κ1) is 12.2. The molecule has 5 heteroatoms. The van der Waals surface area contributed by atoms with Gasteiger partial charge in [-0.15, -0.1) is 0 Å². The Bertz CT molecular complexity index is 834. The van der Waals surface area contributed by atoms with Crippen LogP contribution >= 0.6 is 0 Å². The second kappa shape index (κ2) is 4.45. The second-order valence-corrected chi connectivity index (χ2v) is 5.55. The van der Waals surface area contributed by atoms with E-state index in [1.165, 1.54) is 12.8 Å². The number of hydrogen-bond donors (Lipinski definition) is 0. The Morgan fingerprint density at radius 1 is 1.38 bits per heavy atom. The molecular weight excluding hydrogens is 262 g/mol. The summed E-state index contributed by atoms with van der Waals surface area (Å²) in [6, 6.07) is 10.5. The normalized spacial score (nSPS) is 16.0. The molecule has 0 bridgehead atoms. The Balaban J connectivity index is 1.91. The van der Waals surface area contributed by atoms with Crippen LogP contribution in [0.25, 0.3) is 11.0 Å². The average Bonchev–Trinajstić information content (AvgIpc) is 3.06. The van der Waals surface area contributed by atoms with Crippen molar-refractivity contribution >= 4 is 11.0 Å². The molecule has 3 aromatic rings. The molecule has 1 aromatic carbocycles. The van der Waals surface area contributed by atoms with E-state index in [-0.39, 0.29) is 6.04 Å². The van der Waals surface area contributed by atoms with Crippen molar-refractivity contribution in [2.45, 2.75) is 31.8 Å². The van der Waals surface area contributed by atoms with Crippen LogP contribution in [0.1, 0.15) is 43.2 Å². The molecule has 4 rings (SSSR count). The first-order chi connectivity index (χ1) is 10.3. The fraction of sp³-hybridized carbons (Fsp3) is 0.312. The van der Waals surface area contributed by atoms with E-state index in [1.54, 1.807) is 6.20 Å². The number of imidazole rings is 1. The highest BCUT2D eigenvalue weighted by Crippen LogP contribution is 2.40. The number of nitriles is 1. The largest absolute Gasteiger partial charge is 0.323 e. The molecule has 0 N–H and O–H groups in total. The highest BCUT2D eigenvalue weighted by Gasteiger charge is 2.30. The molecule has 1 aliphatic rings. The number of nitrogens with zero attached hydrogens (tertiary/aromatic N) is 5. The summed E-state index contributed by atoms with van der Waals surface area (Å²) in [7, 11) is 0. The number of fused-ring (bicyclic) bond motifs is 1. The number of hydrogen-bond acceptors (Lipinski definition) is 3. The van der Waals surface area contributed by atoms with Crippen molar-refractivity contribution in [3.8, 4) is 6.07 Å². The van der Waals surface area contributed by atoms with Crippen LogP contribution in [0.15, 0.2) is 36.7 Å².